The summed E-state index contributed by atoms with van der Waals surface area (Å²) in [5, 5.41) is 21.5. The van der Waals surface area contributed by atoms with E-state index < -0.39 is 27.3 Å². The number of nitro benzene ring substituents is 1. The van der Waals surface area contributed by atoms with Crippen LogP contribution in [0.15, 0.2) is 71.6 Å². The van der Waals surface area contributed by atoms with Crippen molar-refractivity contribution in [1.29, 1.82) is 0 Å². The minimum absolute atomic E-state index is 0.278. The van der Waals surface area contributed by atoms with Crippen LogP contribution < -0.4 is 4.31 Å². The molecule has 8 nitrogen and oxygen atoms in total. The van der Waals surface area contributed by atoms with E-state index in [1.54, 1.807) is 24.3 Å². The van der Waals surface area contributed by atoms with Crippen LogP contribution in [0, 0.1) is 10.1 Å². The number of non-ortho nitro benzene ring substituents is 1. The van der Waals surface area contributed by atoms with Crippen LogP contribution in [0.5, 0.6) is 0 Å². The average molecular weight is 400 g/mol. The summed E-state index contributed by atoms with van der Waals surface area (Å²) in [6.45, 7) is -0.311. The van der Waals surface area contributed by atoms with Crippen LogP contribution in [-0.4, -0.2) is 31.0 Å². The number of carboxylic acids is 1. The second-order valence-corrected chi connectivity index (χ2v) is 7.84. The lowest BCUT2D eigenvalue weighted by Gasteiger charge is -2.25. The maximum absolute atomic E-state index is 13.3. The average Bonchev–Trinajstić information content (AvgIpc) is 2.68. The molecule has 0 atom stereocenters. The Hall–Kier alpha value is -3.46. The maximum Gasteiger partial charge on any atom is 0.305 e. The normalized spacial score (nSPS) is 11.3. The SMILES string of the molecule is O=C(O)CCN(c1cccc2ccccc12)S(=O)(=O)c1cccc([N+](=O)[O-])c1. The van der Waals surface area contributed by atoms with Crippen molar-refractivity contribution in [3.63, 3.8) is 0 Å². The highest BCUT2D eigenvalue weighted by Crippen LogP contribution is 2.32. The molecule has 0 aliphatic rings. The van der Waals surface area contributed by atoms with E-state index in [-0.39, 0.29) is 17.1 Å². The third kappa shape index (κ3) is 3.79. The third-order valence-electron chi connectivity index (χ3n) is 4.18. The van der Waals surface area contributed by atoms with Gasteiger partial charge >= 0.3 is 5.97 Å². The van der Waals surface area contributed by atoms with E-state index in [4.69, 9.17) is 5.11 Å². The van der Waals surface area contributed by atoms with E-state index in [9.17, 15) is 23.3 Å². The van der Waals surface area contributed by atoms with E-state index in [2.05, 4.69) is 0 Å². The minimum atomic E-state index is -4.23. The van der Waals surface area contributed by atoms with Gasteiger partial charge in [0.15, 0.2) is 0 Å². The summed E-state index contributed by atoms with van der Waals surface area (Å²) in [7, 11) is -4.23. The van der Waals surface area contributed by atoms with Crippen LogP contribution in [-0.2, 0) is 14.8 Å². The first-order valence-corrected chi connectivity index (χ1v) is 9.71. The fourth-order valence-corrected chi connectivity index (χ4v) is 4.40. The Morgan fingerprint density at radius 3 is 2.43 bits per heavy atom. The summed E-state index contributed by atoms with van der Waals surface area (Å²) in [5.74, 6) is -1.15. The van der Waals surface area contributed by atoms with Crippen molar-refractivity contribution >= 4 is 38.1 Å². The molecule has 0 aliphatic carbocycles. The highest BCUT2D eigenvalue weighted by atomic mass is 32.2. The van der Waals surface area contributed by atoms with E-state index in [0.717, 1.165) is 15.8 Å². The summed E-state index contributed by atoms with van der Waals surface area (Å²) in [6.07, 6.45) is -0.419. The van der Waals surface area contributed by atoms with Gasteiger partial charge in [0.05, 0.1) is 21.9 Å². The number of hydrogen-bond donors (Lipinski definition) is 1. The molecule has 1 N–H and O–H groups in total. The first kappa shape index (κ1) is 19.3. The monoisotopic (exact) mass is 400 g/mol. The quantitative estimate of drug-likeness (QED) is 0.480. The Morgan fingerprint density at radius 2 is 1.71 bits per heavy atom. The molecule has 0 aliphatic heterocycles. The lowest BCUT2D eigenvalue weighted by atomic mass is 10.1. The standard InChI is InChI=1S/C19H16N2O6S/c22-19(23)11-12-20(18-10-3-6-14-5-1-2-9-17(14)18)28(26,27)16-8-4-7-15(13-16)21(24)25/h1-10,13H,11-12H2,(H,22,23). The molecule has 3 rings (SSSR count). The van der Waals surface area contributed by atoms with Gasteiger partial charge in [-0.3, -0.25) is 19.2 Å². The first-order valence-electron chi connectivity index (χ1n) is 8.27. The molecule has 0 radical (unpaired) electrons. The largest absolute Gasteiger partial charge is 0.481 e. The topological polar surface area (TPSA) is 118 Å². The Balaban J connectivity index is 2.18. The van der Waals surface area contributed by atoms with Gasteiger partial charge < -0.3 is 5.11 Å². The van der Waals surface area contributed by atoms with E-state index in [1.165, 1.54) is 18.2 Å². The van der Waals surface area contributed by atoms with Crippen molar-refractivity contribution in [3.05, 3.63) is 76.8 Å². The Bertz CT molecular complexity index is 1150. The Labute approximate surface area is 160 Å². The molecule has 3 aromatic carbocycles. The molecule has 0 aromatic heterocycles. The number of aliphatic carboxylic acids is 1. The summed E-state index contributed by atoms with van der Waals surface area (Å²) in [4.78, 5) is 21.2. The molecular formula is C19H16N2O6S. The molecule has 28 heavy (non-hydrogen) atoms. The van der Waals surface area contributed by atoms with Gasteiger partial charge in [-0.15, -0.1) is 0 Å². The zero-order valence-electron chi connectivity index (χ0n) is 14.6. The van der Waals surface area contributed by atoms with Gasteiger partial charge in [0.1, 0.15) is 0 Å². The molecule has 0 fully saturated rings. The summed E-state index contributed by atoms with van der Waals surface area (Å²) >= 11 is 0. The Morgan fingerprint density at radius 1 is 1.04 bits per heavy atom. The van der Waals surface area contributed by atoms with Crippen molar-refractivity contribution < 1.29 is 23.2 Å². The smallest absolute Gasteiger partial charge is 0.305 e. The fraction of sp³-hybridized carbons (Fsp3) is 0.105. The van der Waals surface area contributed by atoms with Crippen molar-refractivity contribution in [1.82, 2.24) is 0 Å². The molecule has 0 saturated carbocycles. The number of hydrogen-bond acceptors (Lipinski definition) is 5. The number of benzene rings is 3. The molecule has 3 aromatic rings. The Kier molecular flexibility index (Phi) is 5.27. The molecule has 0 spiro atoms. The maximum atomic E-state index is 13.3. The molecule has 9 heteroatoms. The summed E-state index contributed by atoms with van der Waals surface area (Å²) in [6, 6.07) is 16.9. The van der Waals surface area contributed by atoms with Crippen LogP contribution in [0.3, 0.4) is 0 Å². The zero-order valence-corrected chi connectivity index (χ0v) is 15.4. The van der Waals surface area contributed by atoms with Gasteiger partial charge in [0.2, 0.25) is 0 Å². The second kappa shape index (κ2) is 7.65. The number of carbonyl (C=O) groups is 1. The molecule has 0 amide bonds. The van der Waals surface area contributed by atoms with Gasteiger partial charge in [0, 0.05) is 24.1 Å². The predicted octanol–water partition coefficient (Wildman–Crippen LogP) is 3.42. The number of fused-ring (bicyclic) bond motifs is 1. The lowest BCUT2D eigenvalue weighted by molar-refractivity contribution is -0.385. The molecule has 0 heterocycles. The minimum Gasteiger partial charge on any atom is -0.481 e. The van der Waals surface area contributed by atoms with Crippen molar-refractivity contribution in [2.45, 2.75) is 11.3 Å². The van der Waals surface area contributed by atoms with E-state index in [0.29, 0.717) is 11.1 Å². The number of nitrogens with zero attached hydrogens (tertiary/aromatic N) is 2. The number of anilines is 1. The van der Waals surface area contributed by atoms with Gasteiger partial charge in [0.25, 0.3) is 15.7 Å². The van der Waals surface area contributed by atoms with Crippen LogP contribution >= 0.6 is 0 Å². The molecule has 144 valence electrons. The lowest BCUT2D eigenvalue weighted by Crippen LogP contribution is -2.33. The van der Waals surface area contributed by atoms with Gasteiger partial charge in [-0.2, -0.15) is 0 Å². The van der Waals surface area contributed by atoms with Crippen molar-refractivity contribution in [2.75, 3.05) is 10.8 Å². The molecule has 0 saturated heterocycles. The van der Waals surface area contributed by atoms with Crippen molar-refractivity contribution in [3.8, 4) is 0 Å². The first-order chi connectivity index (χ1) is 13.3. The van der Waals surface area contributed by atoms with Crippen molar-refractivity contribution in [2.24, 2.45) is 0 Å². The van der Waals surface area contributed by atoms with Crippen LogP contribution in [0.25, 0.3) is 10.8 Å². The summed E-state index contributed by atoms with van der Waals surface area (Å²) in [5.41, 5.74) is -0.0527. The molecule has 0 bridgehead atoms. The third-order valence-corrected chi connectivity index (χ3v) is 5.99. The van der Waals surface area contributed by atoms with Crippen LogP contribution in [0.1, 0.15) is 6.42 Å². The molecule has 0 unspecified atom stereocenters. The van der Waals surface area contributed by atoms with Gasteiger partial charge in [-0.25, -0.2) is 8.42 Å². The molecular weight excluding hydrogens is 384 g/mol. The second-order valence-electron chi connectivity index (χ2n) is 5.97. The number of sulfonamides is 1. The number of carboxylic acid groups (broad SMARTS) is 1. The fourth-order valence-electron chi connectivity index (χ4n) is 2.88. The predicted molar refractivity (Wildman–Crippen MR) is 104 cm³/mol. The highest BCUT2D eigenvalue weighted by Gasteiger charge is 2.28. The summed E-state index contributed by atoms with van der Waals surface area (Å²) < 4.78 is 27.5. The van der Waals surface area contributed by atoms with Crippen LogP contribution in [0.4, 0.5) is 11.4 Å². The highest BCUT2D eigenvalue weighted by molar-refractivity contribution is 7.92. The van der Waals surface area contributed by atoms with E-state index in [1.807, 2.05) is 18.2 Å². The number of rotatable bonds is 7. The van der Waals surface area contributed by atoms with Gasteiger partial charge in [-0.1, -0.05) is 42.5 Å². The number of nitro groups is 1. The van der Waals surface area contributed by atoms with E-state index >= 15 is 0 Å². The zero-order chi connectivity index (χ0) is 20.3. The van der Waals surface area contributed by atoms with Gasteiger partial charge in [-0.05, 0) is 17.5 Å². The van der Waals surface area contributed by atoms with Crippen LogP contribution in [0.2, 0.25) is 0 Å².